The molecular weight excluding hydrogens is 324 g/mol. The minimum absolute atomic E-state index is 0.0510. The number of nitriles is 1. The molecule has 0 saturated heterocycles. The lowest BCUT2D eigenvalue weighted by Gasteiger charge is -2.08. The third-order valence-corrected chi connectivity index (χ3v) is 4.05. The molecule has 0 aliphatic rings. The number of nitrogens with one attached hydrogen (secondary N) is 1. The molecule has 1 aromatic carbocycles. The molecule has 1 amide bonds. The summed E-state index contributed by atoms with van der Waals surface area (Å²) in [5, 5.41) is 12.2. The van der Waals surface area contributed by atoms with Crippen molar-refractivity contribution in [1.82, 2.24) is 9.55 Å². The summed E-state index contributed by atoms with van der Waals surface area (Å²) in [6, 6.07) is 18.7. The van der Waals surface area contributed by atoms with Gasteiger partial charge in [-0.3, -0.25) is 4.79 Å². The van der Waals surface area contributed by atoms with E-state index in [4.69, 9.17) is 0 Å². The summed E-state index contributed by atoms with van der Waals surface area (Å²) in [6.07, 6.45) is 3.35. The monoisotopic (exact) mass is 342 g/mol. The number of aromatic nitrogens is 2. The Morgan fingerprint density at radius 3 is 2.54 bits per heavy atom. The lowest BCUT2D eigenvalue weighted by Crippen LogP contribution is -2.13. The fraction of sp³-hybridized carbons (Fsp3) is 0.0952. The Morgan fingerprint density at radius 2 is 1.88 bits per heavy atom. The minimum atomic E-state index is -0.429. The Balaban J connectivity index is 1.93. The molecule has 3 rings (SSSR count). The van der Waals surface area contributed by atoms with Crippen molar-refractivity contribution in [2.24, 2.45) is 0 Å². The molecule has 0 spiro atoms. The Kier molecular flexibility index (Phi) is 4.95. The summed E-state index contributed by atoms with van der Waals surface area (Å²) < 4.78 is 2.00. The zero-order valence-electron chi connectivity index (χ0n) is 14.6. The van der Waals surface area contributed by atoms with Gasteiger partial charge < -0.3 is 9.88 Å². The maximum atomic E-state index is 12.4. The molecule has 0 fully saturated rings. The molecule has 0 aliphatic carbocycles. The van der Waals surface area contributed by atoms with Crippen LogP contribution in [0, 0.1) is 25.2 Å². The normalized spacial score (nSPS) is 11.0. The molecule has 2 aromatic heterocycles. The van der Waals surface area contributed by atoms with E-state index in [2.05, 4.69) is 10.3 Å². The Labute approximate surface area is 152 Å². The molecule has 0 aliphatic heterocycles. The van der Waals surface area contributed by atoms with Gasteiger partial charge in [0, 0.05) is 23.3 Å². The number of para-hydroxylation sites is 1. The van der Waals surface area contributed by atoms with Gasteiger partial charge in [-0.25, -0.2) is 4.98 Å². The first-order valence-corrected chi connectivity index (χ1v) is 8.18. The number of hydrogen-bond donors (Lipinski definition) is 1. The van der Waals surface area contributed by atoms with Crippen molar-refractivity contribution in [2.45, 2.75) is 13.8 Å². The van der Waals surface area contributed by atoms with Gasteiger partial charge in [-0.05, 0) is 55.8 Å². The first kappa shape index (κ1) is 17.2. The van der Waals surface area contributed by atoms with Gasteiger partial charge in [0.05, 0.1) is 0 Å². The zero-order chi connectivity index (χ0) is 18.5. The van der Waals surface area contributed by atoms with E-state index in [1.165, 1.54) is 0 Å². The molecule has 0 unspecified atom stereocenters. The van der Waals surface area contributed by atoms with Gasteiger partial charge in [0.2, 0.25) is 0 Å². The van der Waals surface area contributed by atoms with Crippen molar-refractivity contribution in [3.05, 3.63) is 83.3 Å². The molecule has 0 bridgehead atoms. The topological polar surface area (TPSA) is 70.7 Å². The molecule has 2 heterocycles. The summed E-state index contributed by atoms with van der Waals surface area (Å²) in [4.78, 5) is 16.8. The van der Waals surface area contributed by atoms with E-state index < -0.39 is 5.91 Å². The van der Waals surface area contributed by atoms with E-state index in [1.807, 2.05) is 66.9 Å². The Bertz CT molecular complexity index is 996. The number of aryl methyl sites for hydroxylation is 1. The van der Waals surface area contributed by atoms with Crippen LogP contribution < -0.4 is 5.32 Å². The van der Waals surface area contributed by atoms with Gasteiger partial charge in [0.25, 0.3) is 5.91 Å². The molecule has 5 nitrogen and oxygen atoms in total. The number of carbonyl (C=O) groups is 1. The lowest BCUT2D eigenvalue weighted by atomic mass is 10.1. The highest BCUT2D eigenvalue weighted by Gasteiger charge is 2.14. The zero-order valence-corrected chi connectivity index (χ0v) is 14.6. The summed E-state index contributed by atoms with van der Waals surface area (Å²) in [5.41, 5.74) is 3.41. The summed E-state index contributed by atoms with van der Waals surface area (Å²) in [6.45, 7) is 3.91. The second-order valence-electron chi connectivity index (χ2n) is 5.84. The number of benzene rings is 1. The largest absolute Gasteiger partial charge is 0.321 e. The van der Waals surface area contributed by atoms with Crippen LogP contribution in [0.25, 0.3) is 11.9 Å². The summed E-state index contributed by atoms with van der Waals surface area (Å²) >= 11 is 0. The van der Waals surface area contributed by atoms with Gasteiger partial charge in [-0.1, -0.05) is 24.3 Å². The highest BCUT2D eigenvalue weighted by Crippen LogP contribution is 2.22. The molecule has 0 radical (unpaired) electrons. The molecule has 3 aromatic rings. The minimum Gasteiger partial charge on any atom is -0.321 e. The van der Waals surface area contributed by atoms with Gasteiger partial charge in [-0.15, -0.1) is 0 Å². The maximum Gasteiger partial charge on any atom is 0.266 e. The molecule has 0 atom stereocenters. The van der Waals surface area contributed by atoms with E-state index in [-0.39, 0.29) is 5.57 Å². The highest BCUT2D eigenvalue weighted by molar-refractivity contribution is 6.09. The average molecular weight is 342 g/mol. The van der Waals surface area contributed by atoms with E-state index in [0.717, 1.165) is 22.8 Å². The second kappa shape index (κ2) is 7.49. The first-order chi connectivity index (χ1) is 12.6. The van der Waals surface area contributed by atoms with Crippen molar-refractivity contribution in [1.29, 1.82) is 5.26 Å². The van der Waals surface area contributed by atoms with Gasteiger partial charge in [0.15, 0.2) is 0 Å². The summed E-state index contributed by atoms with van der Waals surface area (Å²) in [7, 11) is 0. The fourth-order valence-corrected chi connectivity index (χ4v) is 2.80. The van der Waals surface area contributed by atoms with Crippen molar-refractivity contribution >= 4 is 17.7 Å². The SMILES string of the molecule is Cc1cc(/C=C(\C#N)C(=O)Nc2ccccc2)c(C)n1-c1ccccn1. The van der Waals surface area contributed by atoms with Crippen LogP contribution in [0.1, 0.15) is 17.0 Å². The van der Waals surface area contributed by atoms with Crippen molar-refractivity contribution in [3.63, 3.8) is 0 Å². The lowest BCUT2D eigenvalue weighted by molar-refractivity contribution is -0.112. The van der Waals surface area contributed by atoms with Crippen LogP contribution in [0.2, 0.25) is 0 Å². The molecular formula is C21H18N4O. The number of carbonyl (C=O) groups excluding carboxylic acids is 1. The highest BCUT2D eigenvalue weighted by atomic mass is 16.1. The third-order valence-electron chi connectivity index (χ3n) is 4.05. The smallest absolute Gasteiger partial charge is 0.266 e. The van der Waals surface area contributed by atoms with E-state index in [0.29, 0.717) is 5.69 Å². The number of anilines is 1. The average Bonchev–Trinajstić information content (AvgIpc) is 2.94. The predicted molar refractivity (Wildman–Crippen MR) is 102 cm³/mol. The predicted octanol–water partition coefficient (Wildman–Crippen LogP) is 4.03. The van der Waals surface area contributed by atoms with Crippen molar-refractivity contribution in [2.75, 3.05) is 5.32 Å². The van der Waals surface area contributed by atoms with Crippen LogP contribution in [-0.2, 0) is 4.79 Å². The van der Waals surface area contributed by atoms with Crippen molar-refractivity contribution in [3.8, 4) is 11.9 Å². The fourth-order valence-electron chi connectivity index (χ4n) is 2.80. The first-order valence-electron chi connectivity index (χ1n) is 8.18. The maximum absolute atomic E-state index is 12.4. The van der Waals surface area contributed by atoms with E-state index in [1.54, 1.807) is 24.4 Å². The molecule has 26 heavy (non-hydrogen) atoms. The Hall–Kier alpha value is -3.65. The van der Waals surface area contributed by atoms with Crippen LogP contribution in [0.3, 0.4) is 0 Å². The van der Waals surface area contributed by atoms with E-state index >= 15 is 0 Å². The van der Waals surface area contributed by atoms with E-state index in [9.17, 15) is 10.1 Å². The number of rotatable bonds is 4. The van der Waals surface area contributed by atoms with Crippen LogP contribution in [0.15, 0.2) is 66.4 Å². The second-order valence-corrected chi connectivity index (χ2v) is 5.84. The van der Waals surface area contributed by atoms with Crippen LogP contribution in [-0.4, -0.2) is 15.5 Å². The van der Waals surface area contributed by atoms with Gasteiger partial charge in [-0.2, -0.15) is 5.26 Å². The standard InChI is InChI=1S/C21H18N4O/c1-15-12-17(16(2)25(15)20-10-6-7-11-23-20)13-18(14-22)21(26)24-19-8-4-3-5-9-19/h3-13H,1-2H3,(H,24,26)/b18-13+. The van der Waals surface area contributed by atoms with Gasteiger partial charge >= 0.3 is 0 Å². The molecule has 1 N–H and O–H groups in total. The quantitative estimate of drug-likeness (QED) is 0.575. The molecule has 0 saturated carbocycles. The summed E-state index contributed by atoms with van der Waals surface area (Å²) in [5.74, 6) is 0.371. The Morgan fingerprint density at radius 1 is 1.15 bits per heavy atom. The third kappa shape index (κ3) is 3.55. The van der Waals surface area contributed by atoms with Crippen LogP contribution >= 0.6 is 0 Å². The van der Waals surface area contributed by atoms with Crippen LogP contribution in [0.4, 0.5) is 5.69 Å². The number of pyridine rings is 1. The van der Waals surface area contributed by atoms with Crippen LogP contribution in [0.5, 0.6) is 0 Å². The van der Waals surface area contributed by atoms with Gasteiger partial charge in [0.1, 0.15) is 17.5 Å². The molecule has 5 heteroatoms. The number of amides is 1. The molecule has 128 valence electrons. The number of hydrogen-bond acceptors (Lipinski definition) is 3. The van der Waals surface area contributed by atoms with Crippen molar-refractivity contribution < 1.29 is 4.79 Å². The number of nitrogens with zero attached hydrogens (tertiary/aromatic N) is 3.